The van der Waals surface area contributed by atoms with Crippen LogP contribution in [-0.2, 0) is 4.79 Å². The Hall–Kier alpha value is -3.02. The highest BCUT2D eigenvalue weighted by Crippen LogP contribution is 2.29. The van der Waals surface area contributed by atoms with E-state index in [-0.39, 0.29) is 24.3 Å². The van der Waals surface area contributed by atoms with Gasteiger partial charge in [-0.1, -0.05) is 12.1 Å². The Kier molecular flexibility index (Phi) is 7.44. The maximum absolute atomic E-state index is 12.8. The minimum Gasteiger partial charge on any atom is -0.497 e. The molecule has 0 radical (unpaired) electrons. The van der Waals surface area contributed by atoms with Crippen molar-refractivity contribution in [3.05, 3.63) is 53.6 Å². The highest BCUT2D eigenvalue weighted by atomic mass is 16.5. The van der Waals surface area contributed by atoms with Crippen LogP contribution in [0.15, 0.2) is 42.5 Å². The molecular weight excluding hydrogens is 358 g/mol. The number of likely N-dealkylation sites (N-methyl/N-ethyl adjacent to an activating group) is 1. The van der Waals surface area contributed by atoms with E-state index < -0.39 is 0 Å². The van der Waals surface area contributed by atoms with Crippen LogP contribution in [0.1, 0.15) is 42.7 Å². The molecule has 6 nitrogen and oxygen atoms in total. The fourth-order valence-electron chi connectivity index (χ4n) is 2.98. The molecule has 150 valence electrons. The lowest BCUT2D eigenvalue weighted by molar-refractivity contribution is -0.135. The van der Waals surface area contributed by atoms with Crippen molar-refractivity contribution in [1.82, 2.24) is 4.90 Å². The summed E-state index contributed by atoms with van der Waals surface area (Å²) in [4.78, 5) is 26.0. The maximum Gasteiger partial charge on any atom is 0.261 e. The van der Waals surface area contributed by atoms with Crippen molar-refractivity contribution in [2.75, 3.05) is 27.4 Å². The quantitative estimate of drug-likeness (QED) is 0.613. The molecule has 0 spiro atoms. The number of ether oxygens (including phenoxy) is 3. The molecule has 0 aliphatic rings. The van der Waals surface area contributed by atoms with Gasteiger partial charge in [0, 0.05) is 12.1 Å². The van der Waals surface area contributed by atoms with Gasteiger partial charge in [0.15, 0.2) is 23.9 Å². The second-order valence-electron chi connectivity index (χ2n) is 6.34. The third-order valence-electron chi connectivity index (χ3n) is 4.63. The molecule has 1 amide bonds. The van der Waals surface area contributed by atoms with Gasteiger partial charge in [0.25, 0.3) is 5.91 Å². The predicted octanol–water partition coefficient (Wildman–Crippen LogP) is 3.89. The van der Waals surface area contributed by atoms with Gasteiger partial charge >= 0.3 is 0 Å². The molecule has 1 atom stereocenters. The normalized spacial score (nSPS) is 11.5. The summed E-state index contributed by atoms with van der Waals surface area (Å²) in [5.74, 6) is 1.38. The summed E-state index contributed by atoms with van der Waals surface area (Å²) in [7, 11) is 3.11. The van der Waals surface area contributed by atoms with Gasteiger partial charge in [-0.05, 0) is 56.7 Å². The highest BCUT2D eigenvalue weighted by molar-refractivity contribution is 5.94. The van der Waals surface area contributed by atoms with Crippen molar-refractivity contribution in [2.24, 2.45) is 0 Å². The summed E-state index contributed by atoms with van der Waals surface area (Å²) in [5.41, 5.74) is 1.51. The van der Waals surface area contributed by atoms with E-state index in [2.05, 4.69) is 0 Å². The van der Waals surface area contributed by atoms with Crippen LogP contribution in [-0.4, -0.2) is 44.0 Å². The van der Waals surface area contributed by atoms with Gasteiger partial charge < -0.3 is 19.1 Å². The van der Waals surface area contributed by atoms with Crippen LogP contribution in [0.3, 0.4) is 0 Å². The van der Waals surface area contributed by atoms with Crippen LogP contribution >= 0.6 is 0 Å². The Morgan fingerprint density at radius 1 is 1.04 bits per heavy atom. The fraction of sp³-hybridized carbons (Fsp3) is 0.364. The van der Waals surface area contributed by atoms with Crippen LogP contribution < -0.4 is 14.2 Å². The zero-order chi connectivity index (χ0) is 20.7. The van der Waals surface area contributed by atoms with Gasteiger partial charge in [0.1, 0.15) is 5.75 Å². The van der Waals surface area contributed by atoms with Crippen LogP contribution in [0.25, 0.3) is 0 Å². The number of carbonyl (C=O) groups excluding carboxylic acids is 2. The molecule has 6 heteroatoms. The molecule has 0 N–H and O–H groups in total. The Balaban J connectivity index is 2.10. The van der Waals surface area contributed by atoms with Crippen LogP contribution in [0, 0.1) is 0 Å². The fourth-order valence-corrected chi connectivity index (χ4v) is 2.98. The van der Waals surface area contributed by atoms with Gasteiger partial charge in [-0.15, -0.1) is 0 Å². The van der Waals surface area contributed by atoms with Crippen molar-refractivity contribution in [1.29, 1.82) is 0 Å². The Bertz CT molecular complexity index is 833. The topological polar surface area (TPSA) is 65.1 Å². The number of hydrogen-bond donors (Lipinski definition) is 0. The van der Waals surface area contributed by atoms with Crippen molar-refractivity contribution < 1.29 is 23.8 Å². The van der Waals surface area contributed by atoms with Gasteiger partial charge in [-0.2, -0.15) is 0 Å². The predicted molar refractivity (Wildman–Crippen MR) is 107 cm³/mol. The first kappa shape index (κ1) is 21.3. The first-order chi connectivity index (χ1) is 13.4. The summed E-state index contributed by atoms with van der Waals surface area (Å²) < 4.78 is 16.2. The smallest absolute Gasteiger partial charge is 0.261 e. The lowest BCUT2D eigenvalue weighted by Crippen LogP contribution is -2.36. The summed E-state index contributed by atoms with van der Waals surface area (Å²) in [5, 5.41) is 0. The van der Waals surface area contributed by atoms with Crippen LogP contribution in [0.5, 0.6) is 17.2 Å². The minimum atomic E-state index is -0.143. The number of carbonyl (C=O) groups is 2. The number of hydrogen-bond acceptors (Lipinski definition) is 5. The second kappa shape index (κ2) is 9.78. The minimum absolute atomic E-state index is 0.0646. The van der Waals surface area contributed by atoms with E-state index in [1.165, 1.54) is 14.0 Å². The summed E-state index contributed by atoms with van der Waals surface area (Å²) >= 11 is 0. The van der Waals surface area contributed by atoms with Crippen molar-refractivity contribution in [3.8, 4) is 17.2 Å². The van der Waals surface area contributed by atoms with E-state index in [4.69, 9.17) is 14.2 Å². The number of Topliss-reactive ketones (excluding diaryl/α,β-unsaturated/α-hetero) is 1. The Labute approximate surface area is 166 Å². The van der Waals surface area contributed by atoms with Crippen molar-refractivity contribution in [2.45, 2.75) is 26.8 Å². The number of amides is 1. The van der Waals surface area contributed by atoms with Gasteiger partial charge in [0.05, 0.1) is 20.3 Å². The van der Waals surface area contributed by atoms with Crippen LogP contribution in [0.4, 0.5) is 0 Å². The van der Waals surface area contributed by atoms with E-state index in [0.29, 0.717) is 23.6 Å². The van der Waals surface area contributed by atoms with E-state index in [1.807, 2.05) is 38.1 Å². The molecule has 0 saturated carbocycles. The largest absolute Gasteiger partial charge is 0.497 e. The molecule has 0 bridgehead atoms. The molecule has 0 aliphatic carbocycles. The third kappa shape index (κ3) is 5.03. The number of methoxy groups -OCH3 is 2. The first-order valence-corrected chi connectivity index (χ1v) is 9.16. The average Bonchev–Trinajstić information content (AvgIpc) is 2.72. The number of benzene rings is 2. The van der Waals surface area contributed by atoms with E-state index >= 15 is 0 Å². The summed E-state index contributed by atoms with van der Waals surface area (Å²) in [6.07, 6.45) is 0. The van der Waals surface area contributed by atoms with Crippen molar-refractivity contribution in [3.63, 3.8) is 0 Å². The number of ketones is 1. The van der Waals surface area contributed by atoms with E-state index in [1.54, 1.807) is 30.2 Å². The standard InChI is InChI=1S/C22H27NO5/c1-6-23(15(2)17-8-7-9-19(12-17)26-4)22(25)14-28-20-11-10-18(16(3)24)13-21(20)27-5/h7-13,15H,6,14H2,1-5H3. The van der Waals surface area contributed by atoms with Crippen LogP contribution in [0.2, 0.25) is 0 Å². The lowest BCUT2D eigenvalue weighted by atomic mass is 10.1. The monoisotopic (exact) mass is 385 g/mol. The zero-order valence-electron chi connectivity index (χ0n) is 17.0. The zero-order valence-corrected chi connectivity index (χ0v) is 17.0. The Morgan fingerprint density at radius 2 is 1.79 bits per heavy atom. The van der Waals surface area contributed by atoms with Gasteiger partial charge in [0.2, 0.25) is 0 Å². The molecule has 0 aromatic heterocycles. The molecule has 2 aromatic rings. The first-order valence-electron chi connectivity index (χ1n) is 9.16. The molecule has 28 heavy (non-hydrogen) atoms. The molecule has 0 saturated heterocycles. The van der Waals surface area contributed by atoms with Gasteiger partial charge in [-0.25, -0.2) is 0 Å². The SMILES string of the molecule is CCN(C(=O)COc1ccc(C(C)=O)cc1OC)C(C)c1cccc(OC)c1. The molecule has 2 rings (SSSR count). The number of rotatable bonds is 9. The second-order valence-corrected chi connectivity index (χ2v) is 6.34. The Morgan fingerprint density at radius 3 is 2.39 bits per heavy atom. The van der Waals surface area contributed by atoms with E-state index in [0.717, 1.165) is 11.3 Å². The maximum atomic E-state index is 12.8. The summed E-state index contributed by atoms with van der Waals surface area (Å²) in [6, 6.07) is 12.4. The molecule has 1 unspecified atom stereocenters. The van der Waals surface area contributed by atoms with E-state index in [9.17, 15) is 9.59 Å². The molecular formula is C22H27NO5. The van der Waals surface area contributed by atoms with Crippen molar-refractivity contribution >= 4 is 11.7 Å². The summed E-state index contributed by atoms with van der Waals surface area (Å²) in [6.45, 7) is 5.80. The molecule has 0 heterocycles. The average molecular weight is 385 g/mol. The highest BCUT2D eigenvalue weighted by Gasteiger charge is 2.21. The number of nitrogens with zero attached hydrogens (tertiary/aromatic N) is 1. The molecule has 0 fully saturated rings. The molecule has 0 aliphatic heterocycles. The lowest BCUT2D eigenvalue weighted by Gasteiger charge is -2.28. The van der Waals surface area contributed by atoms with Gasteiger partial charge in [-0.3, -0.25) is 9.59 Å². The molecule has 2 aromatic carbocycles. The third-order valence-corrected chi connectivity index (χ3v) is 4.63.